The molecular formula is C9H10BCl6F2O6P. The van der Waals surface area contributed by atoms with Crippen molar-refractivity contribution in [3.63, 3.8) is 0 Å². The predicted octanol–water partition coefficient (Wildman–Crippen LogP) is 4.12. The molecule has 1 saturated heterocycles. The van der Waals surface area contributed by atoms with E-state index in [1.165, 1.54) is 0 Å². The highest BCUT2D eigenvalue weighted by molar-refractivity contribution is 7.48. The van der Waals surface area contributed by atoms with Crippen molar-refractivity contribution >= 4 is 85.3 Å². The molecule has 0 aromatic heterocycles. The molecule has 0 spiro atoms. The minimum atomic E-state index is -5.12. The van der Waals surface area contributed by atoms with Crippen LogP contribution in [0, 0.1) is 0 Å². The number of hydrogen-bond donors (Lipinski definition) is 1. The van der Waals surface area contributed by atoms with Gasteiger partial charge in [0.2, 0.25) is 7.59 Å². The van der Waals surface area contributed by atoms with Gasteiger partial charge in [-0.3, -0.25) is 9.05 Å². The molecule has 1 aliphatic rings. The normalized spacial score (nSPS) is 26.2. The van der Waals surface area contributed by atoms with E-state index in [0.29, 0.717) is 0 Å². The first-order valence-corrected chi connectivity index (χ1v) is 9.96. The molecule has 1 aliphatic heterocycles. The summed E-state index contributed by atoms with van der Waals surface area (Å²) in [6.07, 6.45) is -8.62. The van der Waals surface area contributed by atoms with Gasteiger partial charge in [0.05, 0.1) is 6.10 Å². The van der Waals surface area contributed by atoms with Crippen molar-refractivity contribution in [3.05, 3.63) is 0 Å². The Kier molecular flexibility index (Phi) is 8.92. The highest BCUT2D eigenvalue weighted by atomic mass is 35.6. The number of halogens is 8. The Hall–Kier alpha value is 1.69. The number of rotatable bonds is 7. The topological polar surface area (TPSA) is 74.2 Å². The first kappa shape index (κ1) is 24.7. The van der Waals surface area contributed by atoms with E-state index < -0.39 is 52.9 Å². The van der Waals surface area contributed by atoms with E-state index in [9.17, 15) is 18.5 Å². The summed E-state index contributed by atoms with van der Waals surface area (Å²) in [5, 5.41) is 9.55. The largest absolute Gasteiger partial charge is 0.479 e. The van der Waals surface area contributed by atoms with Gasteiger partial charge in [-0.15, -0.1) is 0 Å². The molecule has 146 valence electrons. The Morgan fingerprint density at radius 2 is 1.56 bits per heavy atom. The summed E-state index contributed by atoms with van der Waals surface area (Å²) in [6.45, 7) is -1.92. The summed E-state index contributed by atoms with van der Waals surface area (Å²) < 4.78 is 54.3. The van der Waals surface area contributed by atoms with E-state index in [0.717, 1.165) is 0 Å². The lowest BCUT2D eigenvalue weighted by Crippen LogP contribution is -2.42. The molecule has 2 radical (unpaired) electrons. The van der Waals surface area contributed by atoms with E-state index in [4.69, 9.17) is 77.5 Å². The Morgan fingerprint density at radius 3 is 1.88 bits per heavy atom. The van der Waals surface area contributed by atoms with Crippen LogP contribution in [0.3, 0.4) is 0 Å². The van der Waals surface area contributed by atoms with Crippen molar-refractivity contribution in [2.24, 2.45) is 0 Å². The van der Waals surface area contributed by atoms with Crippen molar-refractivity contribution in [2.45, 2.75) is 38.3 Å². The number of phosphoric ester groups is 1. The summed E-state index contributed by atoms with van der Waals surface area (Å²) in [7, 11) is 0.179. The second-order valence-electron chi connectivity index (χ2n) is 4.78. The fourth-order valence-electron chi connectivity index (χ4n) is 1.59. The average Bonchev–Trinajstić information content (AvgIpc) is 2.72. The van der Waals surface area contributed by atoms with Crippen molar-refractivity contribution in [2.75, 3.05) is 13.2 Å². The molecule has 0 aliphatic carbocycles. The van der Waals surface area contributed by atoms with Crippen LogP contribution in [0.4, 0.5) is 8.78 Å². The summed E-state index contributed by atoms with van der Waals surface area (Å²) in [5.74, 6) is 0. The summed E-state index contributed by atoms with van der Waals surface area (Å²) >= 11 is 32.4. The molecule has 1 unspecified atom stereocenters. The van der Waals surface area contributed by atoms with E-state index in [1.807, 2.05) is 0 Å². The molecule has 1 heterocycles. The van der Waals surface area contributed by atoms with Gasteiger partial charge in [0, 0.05) is 6.00 Å². The molecular weight excluding hydrogens is 497 g/mol. The first-order valence-electron chi connectivity index (χ1n) is 6.23. The number of phosphoric acid groups is 1. The van der Waals surface area contributed by atoms with Gasteiger partial charge in [-0.2, -0.15) is 8.78 Å². The lowest BCUT2D eigenvalue weighted by molar-refractivity contribution is -0.265. The van der Waals surface area contributed by atoms with Gasteiger partial charge >= 0.3 is 13.9 Å². The summed E-state index contributed by atoms with van der Waals surface area (Å²) in [6, 6.07) is -1.18. The van der Waals surface area contributed by atoms with E-state index in [-0.39, 0.29) is 6.42 Å². The summed E-state index contributed by atoms with van der Waals surface area (Å²) in [5.41, 5.74) is 0. The molecule has 6 nitrogen and oxygen atoms in total. The van der Waals surface area contributed by atoms with Gasteiger partial charge in [0.1, 0.15) is 21.1 Å². The third kappa shape index (κ3) is 9.16. The molecule has 1 fully saturated rings. The monoisotopic (exact) mass is 504 g/mol. The minimum absolute atomic E-state index is 0.308. The molecule has 1 N–H and O–H groups in total. The third-order valence-electron chi connectivity index (χ3n) is 2.48. The van der Waals surface area contributed by atoms with Crippen LogP contribution >= 0.6 is 77.4 Å². The van der Waals surface area contributed by atoms with Crippen molar-refractivity contribution in [1.82, 2.24) is 0 Å². The quantitative estimate of drug-likeness (QED) is 0.318. The molecule has 0 saturated carbocycles. The van der Waals surface area contributed by atoms with Crippen LogP contribution in [0.15, 0.2) is 0 Å². The zero-order valence-electron chi connectivity index (χ0n) is 11.9. The zero-order chi connectivity index (χ0) is 19.7. The number of aliphatic hydroxyl groups is 1. The fraction of sp³-hybridized carbons (Fsp3) is 1.00. The van der Waals surface area contributed by atoms with Gasteiger partial charge in [0.15, 0.2) is 6.10 Å². The van der Waals surface area contributed by atoms with E-state index in [2.05, 4.69) is 18.3 Å². The Labute approximate surface area is 173 Å². The van der Waals surface area contributed by atoms with Gasteiger partial charge < -0.3 is 9.84 Å². The second-order valence-corrected chi connectivity index (χ2v) is 11.4. The van der Waals surface area contributed by atoms with Gasteiger partial charge in [0.25, 0.3) is 0 Å². The van der Waals surface area contributed by atoms with Gasteiger partial charge in [-0.1, -0.05) is 69.6 Å². The number of aliphatic hydroxyl groups excluding tert-OH is 1. The van der Waals surface area contributed by atoms with Crippen LogP contribution in [0.2, 0.25) is 0 Å². The molecule has 1 rings (SSSR count). The van der Waals surface area contributed by atoms with Crippen molar-refractivity contribution in [3.8, 4) is 0 Å². The smallest absolute Gasteiger partial charge is 0.390 e. The lowest BCUT2D eigenvalue weighted by atomic mass is 9.96. The first-order chi connectivity index (χ1) is 11.0. The van der Waals surface area contributed by atoms with Crippen LogP contribution in [-0.2, 0) is 22.9 Å². The number of alkyl halides is 8. The number of ether oxygens (including phenoxy) is 1. The lowest BCUT2D eigenvalue weighted by Gasteiger charge is -2.29. The maximum atomic E-state index is 14.2. The second kappa shape index (κ2) is 9.01. The van der Waals surface area contributed by atoms with Crippen molar-refractivity contribution < 1.29 is 36.8 Å². The van der Waals surface area contributed by atoms with Crippen molar-refractivity contribution in [1.29, 1.82) is 0 Å². The molecule has 3 atom stereocenters. The maximum Gasteiger partial charge on any atom is 0.479 e. The zero-order valence-corrected chi connectivity index (χ0v) is 17.3. The van der Waals surface area contributed by atoms with Crippen LogP contribution in [-0.4, -0.2) is 58.1 Å². The highest BCUT2D eigenvalue weighted by Crippen LogP contribution is 2.57. The predicted molar refractivity (Wildman–Crippen MR) is 91.2 cm³/mol. The Balaban J connectivity index is 2.92. The SMILES string of the molecule is [B][C@H]1CC(O)[C@@H](C(F)(F)OP(=O)(OCC(Cl)(Cl)Cl)OCC(Cl)(Cl)Cl)O1. The van der Waals surface area contributed by atoms with Crippen LogP contribution < -0.4 is 0 Å². The van der Waals surface area contributed by atoms with Gasteiger partial charge in [-0.05, 0) is 6.42 Å². The molecule has 0 bridgehead atoms. The average molecular weight is 507 g/mol. The molecule has 0 aromatic rings. The highest BCUT2D eigenvalue weighted by Gasteiger charge is 2.56. The standard InChI is InChI=1S/C9H10BCl6F2O6P/c10-5-1-4(19)6(23-5)9(17,18)24-25(20,21-2-7(11,12)13)22-3-8(14,15)16/h4-6,19H,1-3H2/t4?,5-,6+/m1/s1. The third-order valence-corrected chi connectivity index (χ3v) is 4.49. The molecule has 25 heavy (non-hydrogen) atoms. The van der Waals surface area contributed by atoms with E-state index in [1.54, 1.807) is 0 Å². The van der Waals surface area contributed by atoms with Crippen LogP contribution in [0.1, 0.15) is 6.42 Å². The van der Waals surface area contributed by atoms with E-state index >= 15 is 0 Å². The summed E-state index contributed by atoms with van der Waals surface area (Å²) in [4.78, 5) is 0. The Bertz CT molecular complexity index is 484. The number of hydrogen-bond acceptors (Lipinski definition) is 6. The van der Waals surface area contributed by atoms with Crippen LogP contribution in [0.25, 0.3) is 0 Å². The maximum absolute atomic E-state index is 14.2. The van der Waals surface area contributed by atoms with Crippen LogP contribution in [0.5, 0.6) is 0 Å². The molecule has 0 amide bonds. The fourth-order valence-corrected chi connectivity index (χ4v) is 3.66. The molecule has 0 aromatic carbocycles. The van der Waals surface area contributed by atoms with Gasteiger partial charge in [-0.25, -0.2) is 9.09 Å². The Morgan fingerprint density at radius 1 is 1.12 bits per heavy atom. The molecule has 16 heteroatoms. The minimum Gasteiger partial charge on any atom is -0.390 e.